The monoisotopic (exact) mass is 181 g/mol. The molecule has 0 atom stereocenters. The Bertz CT molecular complexity index is 292. The molecule has 1 aromatic rings. The highest BCUT2D eigenvalue weighted by Crippen LogP contribution is 2.28. The van der Waals surface area contributed by atoms with Crippen LogP contribution in [0.25, 0.3) is 0 Å². The van der Waals surface area contributed by atoms with Crippen molar-refractivity contribution in [3.05, 3.63) is 28.8 Å². The lowest BCUT2D eigenvalue weighted by molar-refractivity contribution is 1.15. The first-order valence-corrected chi connectivity index (χ1v) is 4.66. The molecule has 1 N–H and O–H groups in total. The van der Waals surface area contributed by atoms with Gasteiger partial charge in [0.05, 0.1) is 0 Å². The Balaban J connectivity index is 2.21. The van der Waals surface area contributed by atoms with E-state index >= 15 is 0 Å². The van der Waals surface area contributed by atoms with E-state index in [1.54, 1.807) is 0 Å². The number of hydrogen-bond donors (Lipinski definition) is 1. The van der Waals surface area contributed by atoms with Crippen molar-refractivity contribution in [2.45, 2.75) is 25.8 Å². The van der Waals surface area contributed by atoms with Crippen molar-refractivity contribution in [2.75, 3.05) is 5.32 Å². The first kappa shape index (κ1) is 7.93. The van der Waals surface area contributed by atoms with E-state index in [0.717, 1.165) is 5.02 Å². The summed E-state index contributed by atoms with van der Waals surface area (Å²) in [5.41, 5.74) is 2.45. The first-order valence-electron chi connectivity index (χ1n) is 4.28. The first-order chi connectivity index (χ1) is 5.75. The molecule has 1 aliphatic carbocycles. The number of rotatable bonds is 2. The van der Waals surface area contributed by atoms with Gasteiger partial charge in [-0.3, -0.25) is 0 Å². The van der Waals surface area contributed by atoms with Gasteiger partial charge >= 0.3 is 0 Å². The Hall–Kier alpha value is -0.690. The molecule has 1 saturated carbocycles. The molecule has 0 unspecified atom stereocenters. The molecule has 0 aromatic heterocycles. The zero-order valence-electron chi connectivity index (χ0n) is 7.10. The lowest BCUT2D eigenvalue weighted by atomic mass is 10.2. The number of anilines is 1. The summed E-state index contributed by atoms with van der Waals surface area (Å²) in [6, 6.07) is 6.67. The molecule has 1 aromatic carbocycles. The summed E-state index contributed by atoms with van der Waals surface area (Å²) in [5, 5.41) is 4.25. The normalized spacial score (nSPS) is 16.2. The Morgan fingerprint density at radius 3 is 2.83 bits per heavy atom. The molecular formula is C10H12ClN. The summed E-state index contributed by atoms with van der Waals surface area (Å²) in [6.07, 6.45) is 2.60. The van der Waals surface area contributed by atoms with Crippen molar-refractivity contribution in [2.24, 2.45) is 0 Å². The van der Waals surface area contributed by atoms with E-state index in [1.165, 1.54) is 24.1 Å². The van der Waals surface area contributed by atoms with E-state index in [1.807, 2.05) is 18.2 Å². The lowest BCUT2D eigenvalue weighted by Crippen LogP contribution is -2.02. The second-order valence-electron chi connectivity index (χ2n) is 3.38. The average Bonchev–Trinajstić information content (AvgIpc) is 2.81. The third-order valence-electron chi connectivity index (χ3n) is 2.14. The highest BCUT2D eigenvalue weighted by molar-refractivity contribution is 6.30. The van der Waals surface area contributed by atoms with Crippen molar-refractivity contribution in [3.8, 4) is 0 Å². The summed E-state index contributed by atoms with van der Waals surface area (Å²) in [7, 11) is 0. The second-order valence-corrected chi connectivity index (χ2v) is 3.81. The minimum atomic E-state index is 0.696. The Kier molecular flexibility index (Phi) is 1.97. The van der Waals surface area contributed by atoms with E-state index in [0.29, 0.717) is 6.04 Å². The standard InChI is InChI=1S/C10H12ClN/c1-7-2-3-8(11)6-10(7)12-9-4-5-9/h2-3,6,9,12H,4-5H2,1H3. The van der Waals surface area contributed by atoms with Gasteiger partial charge in [-0.25, -0.2) is 0 Å². The van der Waals surface area contributed by atoms with Crippen LogP contribution in [0.3, 0.4) is 0 Å². The molecule has 1 fully saturated rings. The van der Waals surface area contributed by atoms with Crippen LogP contribution in [0.5, 0.6) is 0 Å². The van der Waals surface area contributed by atoms with Crippen molar-refractivity contribution in [1.29, 1.82) is 0 Å². The van der Waals surface area contributed by atoms with Gasteiger partial charge in [-0.15, -0.1) is 0 Å². The predicted octanol–water partition coefficient (Wildman–Crippen LogP) is 3.22. The van der Waals surface area contributed by atoms with Crippen LogP contribution in [0, 0.1) is 6.92 Å². The molecule has 12 heavy (non-hydrogen) atoms. The van der Waals surface area contributed by atoms with Crippen LogP contribution in [0.15, 0.2) is 18.2 Å². The number of nitrogens with one attached hydrogen (secondary N) is 1. The van der Waals surface area contributed by atoms with Crippen molar-refractivity contribution in [3.63, 3.8) is 0 Å². The third-order valence-corrected chi connectivity index (χ3v) is 2.37. The summed E-state index contributed by atoms with van der Waals surface area (Å²) >= 11 is 5.88. The van der Waals surface area contributed by atoms with E-state index in [-0.39, 0.29) is 0 Å². The van der Waals surface area contributed by atoms with Gasteiger partial charge in [0.25, 0.3) is 0 Å². The van der Waals surface area contributed by atoms with Gasteiger partial charge < -0.3 is 5.32 Å². The van der Waals surface area contributed by atoms with Gasteiger partial charge in [-0.2, -0.15) is 0 Å². The van der Waals surface area contributed by atoms with Gasteiger partial charge in [-0.1, -0.05) is 17.7 Å². The maximum atomic E-state index is 5.88. The van der Waals surface area contributed by atoms with E-state index in [4.69, 9.17) is 11.6 Å². The van der Waals surface area contributed by atoms with Crippen molar-refractivity contribution in [1.82, 2.24) is 0 Å². The predicted molar refractivity (Wildman–Crippen MR) is 52.8 cm³/mol. The lowest BCUT2D eigenvalue weighted by Gasteiger charge is -2.07. The summed E-state index contributed by atoms with van der Waals surface area (Å²) in [5.74, 6) is 0. The SMILES string of the molecule is Cc1ccc(Cl)cc1NC1CC1. The van der Waals surface area contributed by atoms with Crippen LogP contribution in [-0.2, 0) is 0 Å². The molecule has 0 amide bonds. The van der Waals surface area contributed by atoms with Crippen LogP contribution in [-0.4, -0.2) is 6.04 Å². The maximum absolute atomic E-state index is 5.88. The third kappa shape index (κ3) is 1.72. The van der Waals surface area contributed by atoms with Gasteiger partial charge in [0.1, 0.15) is 0 Å². The summed E-state index contributed by atoms with van der Waals surface area (Å²) in [4.78, 5) is 0. The quantitative estimate of drug-likeness (QED) is 0.739. The molecule has 0 saturated heterocycles. The number of hydrogen-bond acceptors (Lipinski definition) is 1. The van der Waals surface area contributed by atoms with Crippen LogP contribution in [0.1, 0.15) is 18.4 Å². The molecule has 0 bridgehead atoms. The molecular weight excluding hydrogens is 170 g/mol. The Labute approximate surface area is 77.7 Å². The zero-order valence-corrected chi connectivity index (χ0v) is 7.86. The number of halogens is 1. The largest absolute Gasteiger partial charge is 0.382 e. The Morgan fingerprint density at radius 2 is 2.17 bits per heavy atom. The Morgan fingerprint density at radius 1 is 1.42 bits per heavy atom. The van der Waals surface area contributed by atoms with Gasteiger partial charge in [-0.05, 0) is 37.5 Å². The van der Waals surface area contributed by atoms with Crippen molar-refractivity contribution < 1.29 is 0 Å². The van der Waals surface area contributed by atoms with E-state index < -0.39 is 0 Å². The smallest absolute Gasteiger partial charge is 0.0426 e. The highest BCUT2D eigenvalue weighted by atomic mass is 35.5. The fraction of sp³-hybridized carbons (Fsp3) is 0.400. The molecule has 2 heteroatoms. The zero-order chi connectivity index (χ0) is 8.55. The van der Waals surface area contributed by atoms with E-state index in [2.05, 4.69) is 12.2 Å². The minimum absolute atomic E-state index is 0.696. The fourth-order valence-electron chi connectivity index (χ4n) is 1.20. The highest BCUT2D eigenvalue weighted by Gasteiger charge is 2.21. The fourth-order valence-corrected chi connectivity index (χ4v) is 1.37. The van der Waals surface area contributed by atoms with Crippen LogP contribution < -0.4 is 5.32 Å². The molecule has 0 aliphatic heterocycles. The molecule has 0 heterocycles. The topological polar surface area (TPSA) is 12.0 Å². The minimum Gasteiger partial charge on any atom is -0.382 e. The van der Waals surface area contributed by atoms with Gasteiger partial charge in [0.2, 0.25) is 0 Å². The molecule has 0 spiro atoms. The van der Waals surface area contributed by atoms with Gasteiger partial charge in [0, 0.05) is 16.8 Å². The van der Waals surface area contributed by atoms with Crippen LogP contribution >= 0.6 is 11.6 Å². The van der Waals surface area contributed by atoms with E-state index in [9.17, 15) is 0 Å². The molecule has 1 nitrogen and oxygen atoms in total. The molecule has 2 rings (SSSR count). The molecule has 1 aliphatic rings. The van der Waals surface area contributed by atoms with Crippen molar-refractivity contribution >= 4 is 17.3 Å². The molecule has 64 valence electrons. The average molecular weight is 182 g/mol. The number of aryl methyl sites for hydroxylation is 1. The second kappa shape index (κ2) is 2.98. The van der Waals surface area contributed by atoms with Crippen LogP contribution in [0.2, 0.25) is 5.02 Å². The maximum Gasteiger partial charge on any atom is 0.0426 e. The molecule has 0 radical (unpaired) electrons. The van der Waals surface area contributed by atoms with Gasteiger partial charge in [0.15, 0.2) is 0 Å². The summed E-state index contributed by atoms with van der Waals surface area (Å²) < 4.78 is 0. The van der Waals surface area contributed by atoms with Crippen LogP contribution in [0.4, 0.5) is 5.69 Å². The number of benzene rings is 1. The summed E-state index contributed by atoms with van der Waals surface area (Å²) in [6.45, 7) is 2.10.